The summed E-state index contributed by atoms with van der Waals surface area (Å²) in [6, 6.07) is 0.565. The molecule has 1 aliphatic carbocycles. The van der Waals surface area contributed by atoms with Crippen LogP contribution >= 0.6 is 11.3 Å². The number of carboxylic acids is 1. The lowest BCUT2D eigenvalue weighted by molar-refractivity contribution is -0.138. The highest BCUT2D eigenvalue weighted by atomic mass is 32.1. The van der Waals surface area contributed by atoms with Crippen molar-refractivity contribution >= 4 is 22.4 Å². The van der Waals surface area contributed by atoms with Gasteiger partial charge in [-0.2, -0.15) is 0 Å². The summed E-state index contributed by atoms with van der Waals surface area (Å²) in [6.45, 7) is 6.30. The summed E-state index contributed by atoms with van der Waals surface area (Å²) < 4.78 is 0. The van der Waals surface area contributed by atoms with Gasteiger partial charge in [0.15, 0.2) is 5.13 Å². The maximum atomic E-state index is 11.1. The van der Waals surface area contributed by atoms with Crippen LogP contribution < -0.4 is 5.32 Å². The number of anilines is 1. The number of carboxylic acid groups (broad SMARTS) is 1. The van der Waals surface area contributed by atoms with Crippen LogP contribution in [0.3, 0.4) is 0 Å². The molecule has 6 heteroatoms. The standard InChI is InChI=1S/C14H23N3O2S/c1-9(2)17(3)8-4-7-15-14-16-12-10(13(18)19)5-6-11(12)20-14/h9-10H,4-8H2,1-3H3,(H,15,16)(H,18,19). The van der Waals surface area contributed by atoms with Crippen LogP contribution in [0.5, 0.6) is 0 Å². The number of hydrogen-bond donors (Lipinski definition) is 2. The number of aliphatic carboxylic acids is 1. The summed E-state index contributed by atoms with van der Waals surface area (Å²) in [6.07, 6.45) is 2.60. The van der Waals surface area contributed by atoms with Gasteiger partial charge in [0.2, 0.25) is 0 Å². The van der Waals surface area contributed by atoms with Crippen LogP contribution in [-0.2, 0) is 11.2 Å². The molecule has 0 amide bonds. The van der Waals surface area contributed by atoms with Gasteiger partial charge in [-0.05, 0) is 46.7 Å². The Morgan fingerprint density at radius 2 is 2.35 bits per heavy atom. The second kappa shape index (κ2) is 6.54. The molecule has 0 radical (unpaired) electrons. The van der Waals surface area contributed by atoms with Crippen molar-refractivity contribution in [1.29, 1.82) is 0 Å². The van der Waals surface area contributed by atoms with E-state index in [2.05, 4.69) is 36.1 Å². The van der Waals surface area contributed by atoms with E-state index in [0.717, 1.165) is 41.6 Å². The maximum Gasteiger partial charge on any atom is 0.312 e. The monoisotopic (exact) mass is 297 g/mol. The summed E-state index contributed by atoms with van der Waals surface area (Å²) >= 11 is 1.61. The molecule has 0 bridgehead atoms. The van der Waals surface area contributed by atoms with E-state index in [-0.39, 0.29) is 0 Å². The van der Waals surface area contributed by atoms with Crippen molar-refractivity contribution in [3.63, 3.8) is 0 Å². The van der Waals surface area contributed by atoms with Crippen LogP contribution in [0.1, 0.15) is 43.2 Å². The Bertz CT molecular complexity index is 473. The summed E-state index contributed by atoms with van der Waals surface area (Å²) in [5.41, 5.74) is 0.782. The highest BCUT2D eigenvalue weighted by molar-refractivity contribution is 7.15. The molecule has 0 spiro atoms. The minimum absolute atomic E-state index is 0.399. The van der Waals surface area contributed by atoms with Crippen LogP contribution in [-0.4, -0.2) is 47.1 Å². The Kier molecular flexibility index (Phi) is 4.99. The second-order valence-corrected chi connectivity index (χ2v) is 6.70. The van der Waals surface area contributed by atoms with Crippen LogP contribution in [0.2, 0.25) is 0 Å². The van der Waals surface area contributed by atoms with E-state index >= 15 is 0 Å². The van der Waals surface area contributed by atoms with Crippen molar-refractivity contribution in [1.82, 2.24) is 9.88 Å². The van der Waals surface area contributed by atoms with Gasteiger partial charge in [-0.15, -0.1) is 11.3 Å². The topological polar surface area (TPSA) is 65.5 Å². The second-order valence-electron chi connectivity index (χ2n) is 5.61. The Morgan fingerprint density at radius 3 is 3.00 bits per heavy atom. The lowest BCUT2D eigenvalue weighted by Gasteiger charge is -2.20. The molecule has 0 aromatic carbocycles. The van der Waals surface area contributed by atoms with Crippen LogP contribution in [0, 0.1) is 0 Å². The molecule has 20 heavy (non-hydrogen) atoms. The number of nitrogens with zero attached hydrogens (tertiary/aromatic N) is 2. The maximum absolute atomic E-state index is 11.1. The third-order valence-electron chi connectivity index (χ3n) is 3.86. The van der Waals surface area contributed by atoms with Crippen LogP contribution in [0.4, 0.5) is 5.13 Å². The Hall–Kier alpha value is -1.14. The molecule has 2 rings (SSSR count). The molecule has 0 aliphatic heterocycles. The molecular formula is C14H23N3O2S. The summed E-state index contributed by atoms with van der Waals surface area (Å²) in [7, 11) is 2.13. The van der Waals surface area contributed by atoms with Crippen LogP contribution in [0.15, 0.2) is 0 Å². The number of aromatic nitrogens is 1. The zero-order valence-electron chi connectivity index (χ0n) is 12.3. The fraction of sp³-hybridized carbons (Fsp3) is 0.714. The van der Waals surface area contributed by atoms with Gasteiger partial charge in [-0.1, -0.05) is 0 Å². The predicted octanol–water partition coefficient (Wildman–Crippen LogP) is 2.40. The zero-order valence-corrected chi connectivity index (χ0v) is 13.2. The molecule has 1 aromatic heterocycles. The van der Waals surface area contributed by atoms with Gasteiger partial charge in [0.05, 0.1) is 5.69 Å². The average molecular weight is 297 g/mol. The summed E-state index contributed by atoms with van der Waals surface area (Å²) in [4.78, 5) is 19.0. The van der Waals surface area contributed by atoms with Gasteiger partial charge in [-0.25, -0.2) is 4.98 Å². The smallest absolute Gasteiger partial charge is 0.312 e. The summed E-state index contributed by atoms with van der Waals surface area (Å²) in [5, 5.41) is 13.3. The van der Waals surface area contributed by atoms with E-state index in [9.17, 15) is 4.79 Å². The molecule has 1 aromatic rings. The van der Waals surface area contributed by atoms with E-state index in [1.807, 2.05) is 0 Å². The van der Waals surface area contributed by atoms with Gasteiger partial charge in [-0.3, -0.25) is 4.79 Å². The Morgan fingerprint density at radius 1 is 1.60 bits per heavy atom. The van der Waals surface area contributed by atoms with Crippen molar-refractivity contribution in [3.05, 3.63) is 10.6 Å². The van der Waals surface area contributed by atoms with E-state index in [4.69, 9.17) is 5.11 Å². The third kappa shape index (κ3) is 3.49. The molecule has 2 N–H and O–H groups in total. The number of fused-ring (bicyclic) bond motifs is 1. The van der Waals surface area contributed by atoms with Gasteiger partial charge in [0.25, 0.3) is 0 Å². The van der Waals surface area contributed by atoms with Crippen molar-refractivity contribution in [3.8, 4) is 0 Å². The number of nitrogens with one attached hydrogen (secondary N) is 1. The average Bonchev–Trinajstić information content (AvgIpc) is 2.92. The van der Waals surface area contributed by atoms with Crippen molar-refractivity contribution in [2.75, 3.05) is 25.5 Å². The zero-order chi connectivity index (χ0) is 14.7. The van der Waals surface area contributed by atoms with Crippen molar-refractivity contribution < 1.29 is 9.90 Å². The highest BCUT2D eigenvalue weighted by Crippen LogP contribution is 2.38. The third-order valence-corrected chi connectivity index (χ3v) is 4.95. The molecule has 0 saturated heterocycles. The molecule has 0 fully saturated rings. The molecule has 1 heterocycles. The number of hydrogen-bond acceptors (Lipinski definition) is 5. The minimum Gasteiger partial charge on any atom is -0.481 e. The molecular weight excluding hydrogens is 274 g/mol. The molecule has 1 unspecified atom stereocenters. The summed E-state index contributed by atoms with van der Waals surface area (Å²) in [5.74, 6) is -1.15. The highest BCUT2D eigenvalue weighted by Gasteiger charge is 2.32. The predicted molar refractivity (Wildman–Crippen MR) is 81.7 cm³/mol. The number of rotatable bonds is 7. The van der Waals surface area contributed by atoms with E-state index in [1.165, 1.54) is 0 Å². The number of thiazole rings is 1. The first-order chi connectivity index (χ1) is 9.49. The molecule has 112 valence electrons. The largest absolute Gasteiger partial charge is 0.481 e. The van der Waals surface area contributed by atoms with Gasteiger partial charge in [0.1, 0.15) is 5.92 Å². The lowest BCUT2D eigenvalue weighted by Crippen LogP contribution is -2.28. The number of carbonyl (C=O) groups is 1. The first-order valence-electron chi connectivity index (χ1n) is 7.15. The van der Waals surface area contributed by atoms with E-state index in [0.29, 0.717) is 12.5 Å². The fourth-order valence-corrected chi connectivity index (χ4v) is 3.39. The minimum atomic E-state index is -0.751. The fourth-order valence-electron chi connectivity index (χ4n) is 2.33. The molecule has 0 saturated carbocycles. The van der Waals surface area contributed by atoms with Gasteiger partial charge >= 0.3 is 5.97 Å². The Labute approximate surface area is 124 Å². The molecule has 5 nitrogen and oxygen atoms in total. The van der Waals surface area contributed by atoms with Crippen molar-refractivity contribution in [2.45, 2.75) is 45.1 Å². The number of aryl methyl sites for hydroxylation is 1. The van der Waals surface area contributed by atoms with E-state index in [1.54, 1.807) is 11.3 Å². The van der Waals surface area contributed by atoms with Crippen molar-refractivity contribution in [2.24, 2.45) is 0 Å². The first kappa shape index (κ1) is 15.3. The Balaban J connectivity index is 1.81. The first-order valence-corrected chi connectivity index (χ1v) is 7.97. The SMILES string of the molecule is CC(C)N(C)CCCNc1nc2c(s1)CCC2C(=O)O. The normalized spacial score (nSPS) is 17.8. The molecule has 1 aliphatic rings. The lowest BCUT2D eigenvalue weighted by atomic mass is 10.1. The van der Waals surface area contributed by atoms with Crippen LogP contribution in [0.25, 0.3) is 0 Å². The van der Waals surface area contributed by atoms with Gasteiger partial charge < -0.3 is 15.3 Å². The molecule has 1 atom stereocenters. The van der Waals surface area contributed by atoms with Gasteiger partial charge in [0, 0.05) is 17.5 Å². The van der Waals surface area contributed by atoms with E-state index < -0.39 is 11.9 Å². The quantitative estimate of drug-likeness (QED) is 0.757.